The summed E-state index contributed by atoms with van der Waals surface area (Å²) in [5, 5.41) is 12.4. The lowest BCUT2D eigenvalue weighted by Crippen LogP contribution is -2.59. The summed E-state index contributed by atoms with van der Waals surface area (Å²) >= 11 is 0. The van der Waals surface area contributed by atoms with Gasteiger partial charge in [0.25, 0.3) is 11.5 Å². The number of aromatic amines is 1. The normalized spacial score (nSPS) is 15.2. The Balaban J connectivity index is 2.23. The van der Waals surface area contributed by atoms with Crippen molar-refractivity contribution < 1.29 is 9.90 Å². The van der Waals surface area contributed by atoms with Crippen molar-refractivity contribution in [3.8, 4) is 5.88 Å². The van der Waals surface area contributed by atoms with Crippen LogP contribution in [0.1, 0.15) is 23.7 Å². The second kappa shape index (κ2) is 5.22. The van der Waals surface area contributed by atoms with Gasteiger partial charge in [-0.05, 0) is 6.42 Å². The lowest BCUT2D eigenvalue weighted by atomic mass is 10.1. The maximum atomic E-state index is 12.3. The summed E-state index contributed by atoms with van der Waals surface area (Å²) in [7, 11) is 0. The first-order valence-corrected chi connectivity index (χ1v) is 6.07. The van der Waals surface area contributed by atoms with Crippen molar-refractivity contribution in [3.05, 3.63) is 28.0 Å². The van der Waals surface area contributed by atoms with Crippen molar-refractivity contribution >= 4 is 5.91 Å². The highest BCUT2D eigenvalue weighted by Gasteiger charge is 2.28. The van der Waals surface area contributed by atoms with E-state index < -0.39 is 5.56 Å². The van der Waals surface area contributed by atoms with E-state index in [1.54, 1.807) is 4.90 Å². The molecule has 6 heteroatoms. The molecule has 1 aromatic heterocycles. The van der Waals surface area contributed by atoms with Crippen LogP contribution in [-0.4, -0.2) is 46.6 Å². The number of pyridine rings is 1. The quantitative estimate of drug-likeness (QED) is 0.698. The third-order valence-corrected chi connectivity index (χ3v) is 3.00. The third-order valence-electron chi connectivity index (χ3n) is 3.00. The number of aromatic hydroxyl groups is 1. The number of nitrogens with zero attached hydrogens (tertiary/aromatic N) is 1. The molecule has 1 fully saturated rings. The highest BCUT2D eigenvalue weighted by atomic mass is 16.3. The van der Waals surface area contributed by atoms with Crippen LogP contribution >= 0.6 is 0 Å². The molecule has 2 heterocycles. The summed E-state index contributed by atoms with van der Waals surface area (Å²) in [5.74, 6) is -0.487. The smallest absolute Gasteiger partial charge is 0.254 e. The first kappa shape index (κ1) is 12.6. The van der Waals surface area contributed by atoms with E-state index >= 15 is 0 Å². The number of hydrogen-bond acceptors (Lipinski definition) is 4. The highest BCUT2D eigenvalue weighted by Crippen LogP contribution is 2.13. The van der Waals surface area contributed by atoms with Gasteiger partial charge in [0.15, 0.2) is 5.88 Å². The van der Waals surface area contributed by atoms with Crippen LogP contribution in [0.3, 0.4) is 0 Å². The number of aromatic nitrogens is 1. The number of H-pyrrole nitrogens is 1. The minimum atomic E-state index is -0.471. The Morgan fingerprint density at radius 3 is 2.72 bits per heavy atom. The molecular formula is C12H17N3O3. The minimum Gasteiger partial charge on any atom is -0.494 e. The number of rotatable bonds is 4. The molecule has 1 aliphatic heterocycles. The molecule has 98 valence electrons. The maximum absolute atomic E-state index is 12.3. The molecule has 2 rings (SSSR count). The van der Waals surface area contributed by atoms with Gasteiger partial charge in [0, 0.05) is 31.8 Å². The Labute approximate surface area is 105 Å². The van der Waals surface area contributed by atoms with Crippen LogP contribution in [0, 0.1) is 0 Å². The number of carbonyl (C=O) groups is 1. The summed E-state index contributed by atoms with van der Waals surface area (Å²) < 4.78 is 0. The van der Waals surface area contributed by atoms with Crippen LogP contribution in [0.4, 0.5) is 0 Å². The second-order valence-corrected chi connectivity index (χ2v) is 4.43. The predicted molar refractivity (Wildman–Crippen MR) is 66.7 cm³/mol. The van der Waals surface area contributed by atoms with Crippen molar-refractivity contribution in [2.45, 2.75) is 19.4 Å². The summed E-state index contributed by atoms with van der Waals surface area (Å²) in [6.45, 7) is 4.21. The Morgan fingerprint density at radius 2 is 2.22 bits per heavy atom. The zero-order valence-corrected chi connectivity index (χ0v) is 10.3. The number of hydrogen-bond donors (Lipinski definition) is 3. The van der Waals surface area contributed by atoms with Crippen molar-refractivity contribution in [3.63, 3.8) is 0 Å². The number of nitrogens with one attached hydrogen (secondary N) is 2. The van der Waals surface area contributed by atoms with E-state index in [-0.39, 0.29) is 23.4 Å². The van der Waals surface area contributed by atoms with Gasteiger partial charge in [0.05, 0.1) is 11.6 Å². The topological polar surface area (TPSA) is 85.4 Å². The Kier molecular flexibility index (Phi) is 3.66. The van der Waals surface area contributed by atoms with Crippen LogP contribution in [0.15, 0.2) is 16.9 Å². The fourth-order valence-corrected chi connectivity index (χ4v) is 2.00. The first-order chi connectivity index (χ1) is 8.61. The zero-order chi connectivity index (χ0) is 13.1. The fraction of sp³-hybridized carbons (Fsp3) is 0.500. The largest absolute Gasteiger partial charge is 0.494 e. The molecule has 0 unspecified atom stereocenters. The first-order valence-electron chi connectivity index (χ1n) is 6.07. The molecule has 0 aromatic carbocycles. The average molecular weight is 251 g/mol. The summed E-state index contributed by atoms with van der Waals surface area (Å²) in [4.78, 5) is 27.5. The molecule has 0 saturated carbocycles. The molecule has 0 spiro atoms. The van der Waals surface area contributed by atoms with Crippen LogP contribution in [-0.2, 0) is 0 Å². The number of carbonyl (C=O) groups excluding carboxylic acids is 1. The van der Waals surface area contributed by atoms with Gasteiger partial charge in [0.2, 0.25) is 0 Å². The van der Waals surface area contributed by atoms with E-state index in [0.717, 1.165) is 19.5 Å². The van der Waals surface area contributed by atoms with Gasteiger partial charge in [-0.3, -0.25) is 14.6 Å². The molecule has 1 saturated heterocycles. The van der Waals surface area contributed by atoms with Crippen molar-refractivity contribution in [1.82, 2.24) is 15.2 Å². The molecule has 1 aliphatic rings. The zero-order valence-electron chi connectivity index (χ0n) is 10.3. The van der Waals surface area contributed by atoms with Gasteiger partial charge in [-0.25, -0.2) is 0 Å². The molecule has 3 N–H and O–H groups in total. The van der Waals surface area contributed by atoms with Gasteiger partial charge in [-0.15, -0.1) is 0 Å². The minimum absolute atomic E-state index is 0.180. The monoisotopic (exact) mass is 251 g/mol. The van der Waals surface area contributed by atoms with Gasteiger partial charge >= 0.3 is 0 Å². The van der Waals surface area contributed by atoms with Gasteiger partial charge in [-0.1, -0.05) is 6.92 Å². The van der Waals surface area contributed by atoms with Crippen LogP contribution in [0.25, 0.3) is 0 Å². The van der Waals surface area contributed by atoms with E-state index in [4.69, 9.17) is 0 Å². The SMILES string of the molecule is CCCN(C(=O)c1cc(O)[nH]c(=O)c1)C1CNC1. The molecule has 1 amide bonds. The lowest BCUT2D eigenvalue weighted by molar-refractivity contribution is 0.0615. The number of amides is 1. The average Bonchev–Trinajstić information content (AvgIpc) is 2.23. The summed E-state index contributed by atoms with van der Waals surface area (Å²) in [6.07, 6.45) is 0.859. The molecule has 6 nitrogen and oxygen atoms in total. The van der Waals surface area contributed by atoms with E-state index in [1.165, 1.54) is 12.1 Å². The predicted octanol–water partition coefficient (Wildman–Crippen LogP) is -0.0955. The molecule has 0 aliphatic carbocycles. The van der Waals surface area contributed by atoms with Crippen molar-refractivity contribution in [2.24, 2.45) is 0 Å². The van der Waals surface area contributed by atoms with Gasteiger partial charge in [0.1, 0.15) is 0 Å². The van der Waals surface area contributed by atoms with E-state index in [9.17, 15) is 14.7 Å². The van der Waals surface area contributed by atoms with Crippen LogP contribution in [0.5, 0.6) is 5.88 Å². The molecular weight excluding hydrogens is 234 g/mol. The standard InChI is InChI=1S/C12H17N3O3/c1-2-3-15(9-6-13-7-9)12(18)8-4-10(16)14-11(17)5-8/h4-5,9,13H,2-3,6-7H2,1H3,(H2,14,16,17). The van der Waals surface area contributed by atoms with E-state index in [0.29, 0.717) is 6.54 Å². The molecule has 18 heavy (non-hydrogen) atoms. The van der Waals surface area contributed by atoms with Gasteiger partial charge in [-0.2, -0.15) is 0 Å². The maximum Gasteiger partial charge on any atom is 0.254 e. The fourth-order valence-electron chi connectivity index (χ4n) is 2.00. The van der Waals surface area contributed by atoms with Crippen molar-refractivity contribution in [2.75, 3.05) is 19.6 Å². The Hall–Kier alpha value is -1.82. The summed E-state index contributed by atoms with van der Waals surface area (Å²) in [5.41, 5.74) is -0.238. The molecule has 0 radical (unpaired) electrons. The molecule has 0 bridgehead atoms. The summed E-state index contributed by atoms with van der Waals surface area (Å²) in [6, 6.07) is 2.69. The Morgan fingerprint density at radius 1 is 1.50 bits per heavy atom. The lowest BCUT2D eigenvalue weighted by Gasteiger charge is -2.38. The van der Waals surface area contributed by atoms with Gasteiger partial charge < -0.3 is 15.3 Å². The van der Waals surface area contributed by atoms with Crippen LogP contribution in [0.2, 0.25) is 0 Å². The third kappa shape index (κ3) is 2.53. The van der Waals surface area contributed by atoms with Crippen LogP contribution < -0.4 is 10.9 Å². The Bertz CT molecular complexity index is 494. The van der Waals surface area contributed by atoms with E-state index in [2.05, 4.69) is 10.3 Å². The van der Waals surface area contributed by atoms with E-state index in [1.807, 2.05) is 6.92 Å². The van der Waals surface area contributed by atoms with Crippen molar-refractivity contribution in [1.29, 1.82) is 0 Å². The highest BCUT2D eigenvalue weighted by molar-refractivity contribution is 5.94. The molecule has 1 aromatic rings. The molecule has 0 atom stereocenters. The second-order valence-electron chi connectivity index (χ2n) is 4.43.